The van der Waals surface area contributed by atoms with Crippen molar-refractivity contribution in [1.29, 1.82) is 0 Å². The molecular weight excluding hydrogens is 260 g/mol. The number of hydrogen-bond donors (Lipinski definition) is 0. The van der Waals surface area contributed by atoms with Gasteiger partial charge in [-0.1, -0.05) is 6.92 Å². The average molecular weight is 268 g/mol. The summed E-state index contributed by atoms with van der Waals surface area (Å²) in [6.45, 7) is 1.71. The van der Waals surface area contributed by atoms with Crippen LogP contribution >= 0.6 is 23.4 Å². The predicted octanol–water partition coefficient (Wildman–Crippen LogP) is 3.59. The molecule has 16 heavy (non-hydrogen) atoms. The number of nitro benzene ring substituents is 1. The molecule has 0 saturated heterocycles. The second-order valence-electron chi connectivity index (χ2n) is 3.08. The minimum absolute atomic E-state index is 0.174. The first-order chi connectivity index (χ1) is 7.45. The molecule has 1 atom stereocenters. The SMILES string of the molecule is CC(CCl)Sc1c(F)cc([N+](=O)[O-])cc1F. The van der Waals surface area contributed by atoms with Crippen molar-refractivity contribution >= 4 is 29.1 Å². The first-order valence-electron chi connectivity index (χ1n) is 4.31. The van der Waals surface area contributed by atoms with E-state index < -0.39 is 22.2 Å². The number of non-ortho nitro benzene ring substituents is 1. The number of nitro groups is 1. The summed E-state index contributed by atoms with van der Waals surface area (Å²) in [5, 5.41) is 10.2. The van der Waals surface area contributed by atoms with Crippen molar-refractivity contribution in [3.63, 3.8) is 0 Å². The Balaban J connectivity index is 3.07. The first kappa shape index (κ1) is 13.2. The number of alkyl halides is 1. The highest BCUT2D eigenvalue weighted by Crippen LogP contribution is 2.31. The molecular formula is C9H8ClF2NO2S. The van der Waals surface area contributed by atoms with E-state index in [1.165, 1.54) is 0 Å². The zero-order valence-corrected chi connectivity index (χ0v) is 9.82. The third-order valence-corrected chi connectivity index (χ3v) is 3.57. The normalized spacial score (nSPS) is 12.5. The summed E-state index contributed by atoms with van der Waals surface area (Å²) in [7, 11) is 0. The zero-order valence-electron chi connectivity index (χ0n) is 8.25. The number of thioether (sulfide) groups is 1. The molecule has 3 nitrogen and oxygen atoms in total. The molecule has 0 heterocycles. The minimum atomic E-state index is -0.936. The highest BCUT2D eigenvalue weighted by molar-refractivity contribution is 8.00. The zero-order chi connectivity index (χ0) is 12.3. The fourth-order valence-corrected chi connectivity index (χ4v) is 1.99. The molecule has 7 heteroatoms. The molecule has 0 saturated carbocycles. The van der Waals surface area contributed by atoms with Crippen molar-refractivity contribution in [2.24, 2.45) is 0 Å². The Labute approximate surface area is 99.9 Å². The second-order valence-corrected chi connectivity index (χ2v) is 4.84. The third-order valence-electron chi connectivity index (χ3n) is 1.73. The topological polar surface area (TPSA) is 43.1 Å². The van der Waals surface area contributed by atoms with Crippen molar-refractivity contribution in [3.05, 3.63) is 33.9 Å². The molecule has 0 N–H and O–H groups in total. The van der Waals surface area contributed by atoms with Crippen LogP contribution in [-0.2, 0) is 0 Å². The van der Waals surface area contributed by atoms with Gasteiger partial charge < -0.3 is 0 Å². The molecule has 0 radical (unpaired) electrons. The van der Waals surface area contributed by atoms with Crippen molar-refractivity contribution in [1.82, 2.24) is 0 Å². The molecule has 0 amide bonds. The maximum atomic E-state index is 13.4. The molecule has 1 aromatic carbocycles. The number of nitrogens with zero attached hydrogens (tertiary/aromatic N) is 1. The van der Waals surface area contributed by atoms with Crippen LogP contribution < -0.4 is 0 Å². The molecule has 0 fully saturated rings. The van der Waals surface area contributed by atoms with Crippen molar-refractivity contribution in [3.8, 4) is 0 Å². The van der Waals surface area contributed by atoms with E-state index in [0.29, 0.717) is 12.1 Å². The minimum Gasteiger partial charge on any atom is -0.258 e. The van der Waals surface area contributed by atoms with Gasteiger partial charge in [0, 0.05) is 11.1 Å². The summed E-state index contributed by atoms with van der Waals surface area (Å²) in [5.41, 5.74) is -0.599. The number of rotatable bonds is 4. The molecule has 0 bridgehead atoms. The Morgan fingerprint density at radius 3 is 2.38 bits per heavy atom. The van der Waals surface area contributed by atoms with Crippen molar-refractivity contribution in [2.45, 2.75) is 17.1 Å². The van der Waals surface area contributed by atoms with E-state index in [1.807, 2.05) is 0 Å². The molecule has 0 aliphatic rings. The fourth-order valence-electron chi connectivity index (χ4n) is 0.997. The summed E-state index contributed by atoms with van der Waals surface area (Å²) >= 11 is 6.43. The predicted molar refractivity (Wildman–Crippen MR) is 59.1 cm³/mol. The fraction of sp³-hybridized carbons (Fsp3) is 0.333. The highest BCUT2D eigenvalue weighted by atomic mass is 35.5. The van der Waals surface area contributed by atoms with Gasteiger partial charge in [0.2, 0.25) is 0 Å². The lowest BCUT2D eigenvalue weighted by Crippen LogP contribution is -2.01. The van der Waals surface area contributed by atoms with Crippen LogP contribution in [0.15, 0.2) is 17.0 Å². The van der Waals surface area contributed by atoms with Gasteiger partial charge >= 0.3 is 0 Å². The van der Waals surface area contributed by atoms with Gasteiger partial charge in [-0.2, -0.15) is 0 Å². The largest absolute Gasteiger partial charge is 0.275 e. The van der Waals surface area contributed by atoms with Gasteiger partial charge in [-0.15, -0.1) is 23.4 Å². The molecule has 0 aliphatic carbocycles. The Kier molecular flexibility index (Phi) is 4.49. The molecule has 1 rings (SSSR count). The summed E-state index contributed by atoms with van der Waals surface area (Å²) in [5.74, 6) is -1.64. The Morgan fingerprint density at radius 1 is 1.50 bits per heavy atom. The molecule has 0 aliphatic heterocycles. The van der Waals surface area contributed by atoms with Crippen LogP contribution in [0.4, 0.5) is 14.5 Å². The van der Waals surface area contributed by atoms with Crippen LogP contribution in [0.1, 0.15) is 6.92 Å². The van der Waals surface area contributed by atoms with E-state index in [2.05, 4.69) is 0 Å². The van der Waals surface area contributed by atoms with Crippen molar-refractivity contribution < 1.29 is 13.7 Å². The van der Waals surface area contributed by atoms with Gasteiger partial charge in [-0.05, 0) is 0 Å². The molecule has 0 aromatic heterocycles. The number of halogens is 3. The molecule has 0 spiro atoms. The maximum absolute atomic E-state index is 13.4. The van der Waals surface area contributed by atoms with Crippen LogP contribution in [0, 0.1) is 21.7 Å². The highest BCUT2D eigenvalue weighted by Gasteiger charge is 2.18. The van der Waals surface area contributed by atoms with Crippen LogP contribution in [-0.4, -0.2) is 16.1 Å². The van der Waals surface area contributed by atoms with Crippen molar-refractivity contribution in [2.75, 3.05) is 5.88 Å². The van der Waals surface area contributed by atoms with E-state index in [-0.39, 0.29) is 16.0 Å². The summed E-state index contributed by atoms with van der Waals surface area (Å²) < 4.78 is 26.7. The van der Waals surface area contributed by atoms with Gasteiger partial charge in [0.05, 0.1) is 22.0 Å². The lowest BCUT2D eigenvalue weighted by atomic mass is 10.3. The summed E-state index contributed by atoms with van der Waals surface area (Å²) in [6.07, 6.45) is 0. The Bertz CT molecular complexity index is 393. The van der Waals surface area contributed by atoms with E-state index in [1.54, 1.807) is 6.92 Å². The van der Waals surface area contributed by atoms with Gasteiger partial charge in [0.1, 0.15) is 11.6 Å². The second kappa shape index (κ2) is 5.45. The monoisotopic (exact) mass is 267 g/mol. The summed E-state index contributed by atoms with van der Waals surface area (Å²) in [6, 6.07) is 1.40. The summed E-state index contributed by atoms with van der Waals surface area (Å²) in [4.78, 5) is 9.26. The van der Waals surface area contributed by atoms with E-state index >= 15 is 0 Å². The van der Waals surface area contributed by atoms with Gasteiger partial charge in [-0.3, -0.25) is 10.1 Å². The number of hydrogen-bond acceptors (Lipinski definition) is 3. The average Bonchev–Trinajstić information content (AvgIpc) is 2.22. The Morgan fingerprint density at radius 2 is 2.00 bits per heavy atom. The first-order valence-corrected chi connectivity index (χ1v) is 5.73. The van der Waals surface area contributed by atoms with Crippen LogP contribution in [0.2, 0.25) is 0 Å². The maximum Gasteiger partial charge on any atom is 0.275 e. The van der Waals surface area contributed by atoms with E-state index in [4.69, 9.17) is 11.6 Å². The van der Waals surface area contributed by atoms with E-state index in [0.717, 1.165) is 11.8 Å². The lowest BCUT2D eigenvalue weighted by Gasteiger charge is -2.08. The van der Waals surface area contributed by atoms with Gasteiger partial charge in [-0.25, -0.2) is 8.78 Å². The van der Waals surface area contributed by atoms with Gasteiger partial charge in [0.25, 0.3) is 5.69 Å². The van der Waals surface area contributed by atoms with Gasteiger partial charge in [0.15, 0.2) is 0 Å². The quantitative estimate of drug-likeness (QED) is 0.362. The Hall–Kier alpha value is -0.880. The standard InChI is InChI=1S/C9H8ClF2NO2S/c1-5(4-10)16-9-7(11)2-6(13(14)15)3-8(9)12/h2-3,5H,4H2,1H3. The molecule has 88 valence electrons. The van der Waals surface area contributed by atoms with Crippen LogP contribution in [0.3, 0.4) is 0 Å². The van der Waals surface area contributed by atoms with Crippen LogP contribution in [0.25, 0.3) is 0 Å². The molecule has 1 aromatic rings. The lowest BCUT2D eigenvalue weighted by molar-refractivity contribution is -0.385. The van der Waals surface area contributed by atoms with Crippen LogP contribution in [0.5, 0.6) is 0 Å². The smallest absolute Gasteiger partial charge is 0.258 e. The molecule has 1 unspecified atom stereocenters. The number of benzene rings is 1. The third kappa shape index (κ3) is 3.05. The van der Waals surface area contributed by atoms with E-state index in [9.17, 15) is 18.9 Å².